The zero-order chi connectivity index (χ0) is 13.8. The van der Waals surface area contributed by atoms with Crippen LogP contribution in [0.3, 0.4) is 0 Å². The van der Waals surface area contributed by atoms with Gasteiger partial charge in [0, 0.05) is 19.7 Å². The molecule has 0 atom stereocenters. The van der Waals surface area contributed by atoms with Crippen LogP contribution in [0.4, 0.5) is 0 Å². The summed E-state index contributed by atoms with van der Waals surface area (Å²) in [7, 11) is 3.40. The summed E-state index contributed by atoms with van der Waals surface area (Å²) in [5.41, 5.74) is 2.95. The predicted octanol–water partition coefficient (Wildman–Crippen LogP) is 1.94. The Balaban J connectivity index is 2.34. The summed E-state index contributed by atoms with van der Waals surface area (Å²) in [5.74, 6) is -0.117. The Morgan fingerprint density at radius 2 is 1.84 bits per heavy atom. The van der Waals surface area contributed by atoms with Crippen molar-refractivity contribution in [3.63, 3.8) is 0 Å². The highest BCUT2D eigenvalue weighted by molar-refractivity contribution is 5.92. The molecule has 19 heavy (non-hydrogen) atoms. The molecule has 1 amide bonds. The van der Waals surface area contributed by atoms with Gasteiger partial charge in [0.15, 0.2) is 0 Å². The number of hydrogen-bond donors (Lipinski definition) is 1. The van der Waals surface area contributed by atoms with Crippen LogP contribution in [0.15, 0.2) is 42.5 Å². The van der Waals surface area contributed by atoms with Gasteiger partial charge in [-0.3, -0.25) is 4.79 Å². The van der Waals surface area contributed by atoms with Crippen LogP contribution >= 0.6 is 0 Å². The third kappa shape index (κ3) is 2.98. The van der Waals surface area contributed by atoms with Crippen molar-refractivity contribution >= 4 is 5.91 Å². The molecule has 1 aromatic carbocycles. The standard InChI is InChI=1S/C15H16N2O2/c1-17(2)15(19)14-5-3-4-13(16-14)12-8-6-11(10-18)7-9-12/h3-9,18H,10H2,1-2H3. The third-order valence-electron chi connectivity index (χ3n) is 2.81. The second kappa shape index (κ2) is 5.63. The molecule has 0 aliphatic heterocycles. The van der Waals surface area contributed by atoms with E-state index in [4.69, 9.17) is 5.11 Å². The van der Waals surface area contributed by atoms with E-state index in [0.29, 0.717) is 5.69 Å². The van der Waals surface area contributed by atoms with Crippen molar-refractivity contribution in [1.82, 2.24) is 9.88 Å². The largest absolute Gasteiger partial charge is 0.392 e. The number of nitrogens with zero attached hydrogens (tertiary/aromatic N) is 2. The van der Waals surface area contributed by atoms with Crippen molar-refractivity contribution in [3.8, 4) is 11.3 Å². The van der Waals surface area contributed by atoms with E-state index in [1.165, 1.54) is 4.90 Å². The van der Waals surface area contributed by atoms with Crippen LogP contribution in [0, 0.1) is 0 Å². The molecule has 1 heterocycles. The molecule has 0 saturated heterocycles. The summed E-state index contributed by atoms with van der Waals surface area (Å²) < 4.78 is 0. The summed E-state index contributed by atoms with van der Waals surface area (Å²) in [6.45, 7) is 0.0207. The van der Waals surface area contributed by atoms with Gasteiger partial charge in [-0.1, -0.05) is 30.3 Å². The first-order valence-electron chi connectivity index (χ1n) is 6.00. The van der Waals surface area contributed by atoms with Crippen molar-refractivity contribution in [2.24, 2.45) is 0 Å². The summed E-state index contributed by atoms with van der Waals surface area (Å²) in [4.78, 5) is 17.7. The Bertz CT molecular complexity index is 577. The SMILES string of the molecule is CN(C)C(=O)c1cccc(-c2ccc(CO)cc2)n1. The van der Waals surface area contributed by atoms with E-state index in [2.05, 4.69) is 4.98 Å². The maximum atomic E-state index is 11.9. The zero-order valence-electron chi connectivity index (χ0n) is 11.0. The molecule has 2 rings (SSSR count). The normalized spacial score (nSPS) is 10.3. The van der Waals surface area contributed by atoms with E-state index < -0.39 is 0 Å². The molecule has 1 N–H and O–H groups in total. The molecule has 0 unspecified atom stereocenters. The number of aliphatic hydroxyl groups excluding tert-OH is 1. The highest BCUT2D eigenvalue weighted by Gasteiger charge is 2.10. The van der Waals surface area contributed by atoms with Gasteiger partial charge in [-0.2, -0.15) is 0 Å². The molecule has 4 heteroatoms. The van der Waals surface area contributed by atoms with Crippen LogP contribution < -0.4 is 0 Å². The van der Waals surface area contributed by atoms with Crippen LogP contribution in [0.1, 0.15) is 16.1 Å². The van der Waals surface area contributed by atoms with Crippen molar-refractivity contribution in [1.29, 1.82) is 0 Å². The van der Waals surface area contributed by atoms with E-state index in [1.54, 1.807) is 20.2 Å². The quantitative estimate of drug-likeness (QED) is 0.913. The highest BCUT2D eigenvalue weighted by Crippen LogP contribution is 2.18. The van der Waals surface area contributed by atoms with Gasteiger partial charge >= 0.3 is 0 Å². The molecule has 98 valence electrons. The summed E-state index contributed by atoms with van der Waals surface area (Å²) in [5, 5.41) is 9.01. The van der Waals surface area contributed by atoms with E-state index in [-0.39, 0.29) is 12.5 Å². The Labute approximate surface area is 112 Å². The van der Waals surface area contributed by atoms with E-state index in [1.807, 2.05) is 36.4 Å². The second-order valence-corrected chi connectivity index (χ2v) is 4.46. The molecule has 0 aliphatic carbocycles. The molecule has 2 aromatic rings. The van der Waals surface area contributed by atoms with Crippen molar-refractivity contribution in [3.05, 3.63) is 53.7 Å². The minimum absolute atomic E-state index is 0.0207. The lowest BCUT2D eigenvalue weighted by atomic mass is 10.1. The number of benzene rings is 1. The van der Waals surface area contributed by atoms with Gasteiger partial charge in [-0.25, -0.2) is 4.98 Å². The molecule has 4 nitrogen and oxygen atoms in total. The maximum absolute atomic E-state index is 11.9. The lowest BCUT2D eigenvalue weighted by molar-refractivity contribution is 0.0822. The minimum atomic E-state index is -0.117. The van der Waals surface area contributed by atoms with Gasteiger partial charge in [-0.15, -0.1) is 0 Å². The van der Waals surface area contributed by atoms with Gasteiger partial charge < -0.3 is 10.0 Å². The third-order valence-corrected chi connectivity index (χ3v) is 2.81. The number of carbonyl (C=O) groups excluding carboxylic acids is 1. The fraction of sp³-hybridized carbons (Fsp3) is 0.200. The Morgan fingerprint density at radius 3 is 2.42 bits per heavy atom. The molecule has 0 bridgehead atoms. The number of carbonyl (C=O) groups is 1. The number of aliphatic hydroxyl groups is 1. The Kier molecular flexibility index (Phi) is 3.92. The van der Waals surface area contributed by atoms with Crippen LogP contribution in [-0.2, 0) is 6.61 Å². The van der Waals surface area contributed by atoms with Crippen LogP contribution in [0.5, 0.6) is 0 Å². The molecule has 0 fully saturated rings. The summed E-state index contributed by atoms with van der Waals surface area (Å²) in [6.07, 6.45) is 0. The van der Waals surface area contributed by atoms with Gasteiger partial charge in [0.2, 0.25) is 0 Å². The lowest BCUT2D eigenvalue weighted by Crippen LogP contribution is -2.22. The average Bonchev–Trinajstić information content (AvgIpc) is 2.46. The molecular formula is C15H16N2O2. The van der Waals surface area contributed by atoms with Crippen LogP contribution in [0.25, 0.3) is 11.3 Å². The van der Waals surface area contributed by atoms with Gasteiger partial charge in [-0.05, 0) is 17.7 Å². The molecule has 0 spiro atoms. The lowest BCUT2D eigenvalue weighted by Gasteiger charge is -2.10. The summed E-state index contributed by atoms with van der Waals surface area (Å²) in [6, 6.07) is 12.8. The van der Waals surface area contributed by atoms with E-state index in [0.717, 1.165) is 16.8 Å². The van der Waals surface area contributed by atoms with Gasteiger partial charge in [0.25, 0.3) is 5.91 Å². The Hall–Kier alpha value is -2.20. The smallest absolute Gasteiger partial charge is 0.271 e. The van der Waals surface area contributed by atoms with Crippen molar-refractivity contribution < 1.29 is 9.90 Å². The molecule has 1 aromatic heterocycles. The first kappa shape index (κ1) is 13.2. The first-order valence-corrected chi connectivity index (χ1v) is 6.00. The highest BCUT2D eigenvalue weighted by atomic mass is 16.3. The van der Waals surface area contributed by atoms with Gasteiger partial charge in [0.1, 0.15) is 5.69 Å². The summed E-state index contributed by atoms with van der Waals surface area (Å²) >= 11 is 0. The van der Waals surface area contributed by atoms with Crippen molar-refractivity contribution in [2.75, 3.05) is 14.1 Å². The van der Waals surface area contributed by atoms with Crippen LogP contribution in [0.2, 0.25) is 0 Å². The number of aromatic nitrogens is 1. The van der Waals surface area contributed by atoms with Crippen LogP contribution in [-0.4, -0.2) is 35.0 Å². The monoisotopic (exact) mass is 256 g/mol. The first-order chi connectivity index (χ1) is 9.11. The number of amides is 1. The fourth-order valence-electron chi connectivity index (χ4n) is 1.72. The van der Waals surface area contributed by atoms with E-state index in [9.17, 15) is 4.79 Å². The topological polar surface area (TPSA) is 53.4 Å². The molecule has 0 aliphatic rings. The Morgan fingerprint density at radius 1 is 1.16 bits per heavy atom. The second-order valence-electron chi connectivity index (χ2n) is 4.46. The minimum Gasteiger partial charge on any atom is -0.392 e. The molecule has 0 saturated carbocycles. The maximum Gasteiger partial charge on any atom is 0.271 e. The average molecular weight is 256 g/mol. The predicted molar refractivity (Wildman–Crippen MR) is 73.6 cm³/mol. The number of rotatable bonds is 3. The van der Waals surface area contributed by atoms with Crippen molar-refractivity contribution in [2.45, 2.75) is 6.61 Å². The van der Waals surface area contributed by atoms with Gasteiger partial charge in [0.05, 0.1) is 12.3 Å². The number of hydrogen-bond acceptors (Lipinski definition) is 3. The molecular weight excluding hydrogens is 240 g/mol. The zero-order valence-corrected chi connectivity index (χ0v) is 11.0. The molecule has 0 radical (unpaired) electrons. The fourth-order valence-corrected chi connectivity index (χ4v) is 1.72. The number of pyridine rings is 1. The van der Waals surface area contributed by atoms with E-state index >= 15 is 0 Å².